The van der Waals surface area contributed by atoms with E-state index in [1.165, 1.54) is 25.7 Å². The molecule has 0 aromatic carbocycles. The van der Waals surface area contributed by atoms with Gasteiger partial charge in [-0.1, -0.05) is 12.8 Å². The maximum atomic E-state index is 5.11. The highest BCUT2D eigenvalue weighted by molar-refractivity contribution is 7.80. The maximum absolute atomic E-state index is 5.11. The molecule has 1 saturated heterocycles. The first-order chi connectivity index (χ1) is 6.27. The van der Waals surface area contributed by atoms with Crippen molar-refractivity contribution in [2.45, 2.75) is 44.7 Å². The van der Waals surface area contributed by atoms with Crippen molar-refractivity contribution in [3.05, 3.63) is 0 Å². The summed E-state index contributed by atoms with van der Waals surface area (Å²) in [5.41, 5.74) is 6.35. The van der Waals surface area contributed by atoms with Crippen LogP contribution in [0.3, 0.4) is 0 Å². The van der Waals surface area contributed by atoms with Gasteiger partial charge in [-0.15, -0.1) is 0 Å². The number of rotatable bonds is 0. The van der Waals surface area contributed by atoms with Crippen LogP contribution in [0.1, 0.15) is 32.6 Å². The van der Waals surface area contributed by atoms with Crippen molar-refractivity contribution in [3.63, 3.8) is 0 Å². The first kappa shape index (κ1) is 9.21. The van der Waals surface area contributed by atoms with Crippen molar-refractivity contribution in [1.82, 2.24) is 16.2 Å². The van der Waals surface area contributed by atoms with E-state index in [4.69, 9.17) is 12.2 Å². The van der Waals surface area contributed by atoms with Crippen LogP contribution < -0.4 is 16.2 Å². The lowest BCUT2D eigenvalue weighted by molar-refractivity contribution is 0.231. The van der Waals surface area contributed by atoms with E-state index in [1.54, 1.807) is 0 Å². The van der Waals surface area contributed by atoms with Crippen LogP contribution in [0.2, 0.25) is 0 Å². The van der Waals surface area contributed by atoms with Crippen molar-refractivity contribution >= 4 is 17.3 Å². The van der Waals surface area contributed by atoms with Crippen LogP contribution in [-0.4, -0.2) is 17.2 Å². The Kier molecular flexibility index (Phi) is 2.69. The predicted octanol–water partition coefficient (Wildman–Crippen LogP) is 0.916. The Hall–Kier alpha value is -0.350. The van der Waals surface area contributed by atoms with Gasteiger partial charge in [-0.2, -0.15) is 0 Å². The highest BCUT2D eigenvalue weighted by Gasteiger charge is 2.31. The second kappa shape index (κ2) is 3.80. The average Bonchev–Trinajstić information content (AvgIpc) is 2.27. The summed E-state index contributed by atoms with van der Waals surface area (Å²) in [6.45, 7) is 2.23. The first-order valence-corrected chi connectivity index (χ1v) is 5.50. The van der Waals surface area contributed by atoms with Crippen molar-refractivity contribution in [2.75, 3.05) is 0 Å². The van der Waals surface area contributed by atoms with Gasteiger partial charge in [0.2, 0.25) is 0 Å². The van der Waals surface area contributed by atoms with Crippen molar-refractivity contribution in [1.29, 1.82) is 0 Å². The molecule has 1 aliphatic heterocycles. The largest absolute Gasteiger partial charge is 0.359 e. The first-order valence-electron chi connectivity index (χ1n) is 5.09. The Morgan fingerprint density at radius 1 is 1.31 bits per heavy atom. The number of thiocarbonyl (C=S) groups is 1. The third kappa shape index (κ3) is 1.94. The van der Waals surface area contributed by atoms with E-state index in [2.05, 4.69) is 23.1 Å². The molecule has 0 amide bonds. The highest BCUT2D eigenvalue weighted by atomic mass is 32.1. The predicted molar refractivity (Wildman–Crippen MR) is 57.2 cm³/mol. The molecular weight excluding hydrogens is 182 g/mol. The van der Waals surface area contributed by atoms with Crippen molar-refractivity contribution in [3.8, 4) is 0 Å². The number of hydrogen-bond acceptors (Lipinski definition) is 2. The molecule has 0 bridgehead atoms. The molecule has 0 spiro atoms. The molecule has 1 saturated carbocycles. The summed E-state index contributed by atoms with van der Waals surface area (Å²) in [6, 6.07) is 1.09. The summed E-state index contributed by atoms with van der Waals surface area (Å²) in [5, 5.41) is 4.04. The molecule has 2 aliphatic rings. The number of nitrogens with one attached hydrogen (secondary N) is 3. The van der Waals surface area contributed by atoms with E-state index in [-0.39, 0.29) is 0 Å². The van der Waals surface area contributed by atoms with Gasteiger partial charge in [0.05, 0.1) is 0 Å². The zero-order valence-corrected chi connectivity index (χ0v) is 8.79. The molecule has 3 nitrogen and oxygen atoms in total. The number of fused-ring (bicyclic) bond motifs is 1. The molecule has 0 aromatic rings. The molecule has 13 heavy (non-hydrogen) atoms. The molecular formula is C9H17N3S. The Morgan fingerprint density at radius 2 is 2.08 bits per heavy atom. The second-order valence-corrected chi connectivity index (χ2v) is 4.49. The fourth-order valence-electron chi connectivity index (χ4n) is 2.45. The molecule has 1 aliphatic carbocycles. The zero-order valence-electron chi connectivity index (χ0n) is 7.97. The molecule has 4 heteroatoms. The molecule has 2 rings (SSSR count). The van der Waals surface area contributed by atoms with Crippen LogP contribution in [0.15, 0.2) is 0 Å². The summed E-state index contributed by atoms with van der Waals surface area (Å²) in [4.78, 5) is 0. The van der Waals surface area contributed by atoms with Crippen molar-refractivity contribution < 1.29 is 0 Å². The minimum Gasteiger partial charge on any atom is -0.359 e. The Morgan fingerprint density at radius 3 is 2.92 bits per heavy atom. The number of hydrazine groups is 1. The molecule has 74 valence electrons. The Balaban J connectivity index is 2.07. The van der Waals surface area contributed by atoms with E-state index in [0.717, 1.165) is 11.0 Å². The maximum Gasteiger partial charge on any atom is 0.181 e. The third-order valence-electron chi connectivity index (χ3n) is 3.19. The SMILES string of the molecule is C[C@@H]1NC(=S)NN[C@H]2CCCC[C@@H]12. The van der Waals surface area contributed by atoms with E-state index in [1.807, 2.05) is 0 Å². The van der Waals surface area contributed by atoms with E-state index < -0.39 is 0 Å². The topological polar surface area (TPSA) is 36.1 Å². The van der Waals surface area contributed by atoms with Gasteiger partial charge in [-0.3, -0.25) is 5.43 Å². The van der Waals surface area contributed by atoms with Gasteiger partial charge in [-0.25, -0.2) is 5.43 Å². The third-order valence-corrected chi connectivity index (χ3v) is 3.41. The van der Waals surface area contributed by atoms with E-state index in [0.29, 0.717) is 12.1 Å². The molecule has 2 fully saturated rings. The van der Waals surface area contributed by atoms with Gasteiger partial charge in [-0.05, 0) is 37.9 Å². The van der Waals surface area contributed by atoms with Gasteiger partial charge in [0.1, 0.15) is 0 Å². The van der Waals surface area contributed by atoms with Crippen molar-refractivity contribution in [2.24, 2.45) is 5.92 Å². The molecule has 0 radical (unpaired) electrons. The summed E-state index contributed by atoms with van der Waals surface area (Å²) < 4.78 is 0. The van der Waals surface area contributed by atoms with Gasteiger partial charge in [0, 0.05) is 12.1 Å². The van der Waals surface area contributed by atoms with Crippen LogP contribution in [0, 0.1) is 5.92 Å². The van der Waals surface area contributed by atoms with Gasteiger partial charge >= 0.3 is 0 Å². The highest BCUT2D eigenvalue weighted by Crippen LogP contribution is 2.27. The molecule has 3 N–H and O–H groups in total. The minimum atomic E-state index is 0.500. The van der Waals surface area contributed by atoms with Gasteiger partial charge in [0.25, 0.3) is 0 Å². The van der Waals surface area contributed by atoms with Crippen LogP contribution >= 0.6 is 12.2 Å². The standard InChI is InChI=1S/C9H17N3S/c1-6-7-4-2-3-5-8(7)11-12-9(13)10-6/h6-8,11H,2-5H2,1H3,(H2,10,12,13)/t6-,7-,8-/m0/s1. The zero-order chi connectivity index (χ0) is 9.26. The second-order valence-electron chi connectivity index (χ2n) is 4.09. The lowest BCUT2D eigenvalue weighted by Gasteiger charge is -2.32. The lowest BCUT2D eigenvalue weighted by Crippen LogP contribution is -2.46. The summed E-state index contributed by atoms with van der Waals surface area (Å²) in [7, 11) is 0. The molecule has 0 aromatic heterocycles. The average molecular weight is 199 g/mol. The van der Waals surface area contributed by atoms with Gasteiger partial charge in [0.15, 0.2) is 5.11 Å². The van der Waals surface area contributed by atoms with Crippen LogP contribution in [0.5, 0.6) is 0 Å². The fraction of sp³-hybridized carbons (Fsp3) is 0.889. The Bertz CT molecular complexity index is 207. The summed E-state index contributed by atoms with van der Waals surface area (Å²) >= 11 is 5.11. The van der Waals surface area contributed by atoms with Crippen LogP contribution in [0.4, 0.5) is 0 Å². The quantitative estimate of drug-likeness (QED) is 0.507. The Labute approximate surface area is 84.6 Å². The monoisotopic (exact) mass is 199 g/mol. The van der Waals surface area contributed by atoms with Crippen LogP contribution in [-0.2, 0) is 0 Å². The van der Waals surface area contributed by atoms with Gasteiger partial charge < -0.3 is 5.32 Å². The minimum absolute atomic E-state index is 0.500. The summed E-state index contributed by atoms with van der Waals surface area (Å²) in [6.07, 6.45) is 5.29. The normalized spacial score (nSPS) is 39.8. The van der Waals surface area contributed by atoms with E-state index in [9.17, 15) is 0 Å². The van der Waals surface area contributed by atoms with E-state index >= 15 is 0 Å². The van der Waals surface area contributed by atoms with Crippen LogP contribution in [0.25, 0.3) is 0 Å². The lowest BCUT2D eigenvalue weighted by atomic mass is 9.81. The summed E-state index contributed by atoms with van der Waals surface area (Å²) in [5.74, 6) is 0.724. The fourth-order valence-corrected chi connectivity index (χ4v) is 2.69. The smallest absolute Gasteiger partial charge is 0.181 e. The molecule has 3 atom stereocenters. The molecule has 0 unspecified atom stereocenters. The molecule has 1 heterocycles. The number of hydrogen-bond donors (Lipinski definition) is 3.